The molecule has 0 N–H and O–H groups in total. The summed E-state index contributed by atoms with van der Waals surface area (Å²) in [6, 6.07) is 36.5. The monoisotopic (exact) mass is 422 g/mol. The predicted octanol–water partition coefficient (Wildman–Crippen LogP) is 8.09. The Morgan fingerprint density at radius 1 is 0.455 bits per heavy atom. The molecule has 0 aliphatic heterocycles. The Morgan fingerprint density at radius 3 is 1.85 bits per heavy atom. The van der Waals surface area contributed by atoms with Crippen LogP contribution in [0.4, 0.5) is 0 Å². The van der Waals surface area contributed by atoms with Gasteiger partial charge in [0.2, 0.25) is 0 Å². The summed E-state index contributed by atoms with van der Waals surface area (Å²) in [6.45, 7) is 2.12. The van der Waals surface area contributed by atoms with Crippen molar-refractivity contribution in [2.75, 3.05) is 0 Å². The zero-order valence-electron chi connectivity index (χ0n) is 18.4. The third-order valence-corrected chi connectivity index (χ3v) is 6.21. The van der Waals surface area contributed by atoms with E-state index in [9.17, 15) is 0 Å². The topological polar surface area (TPSA) is 25.8 Å². The lowest BCUT2D eigenvalue weighted by molar-refractivity contribution is 1.31. The van der Waals surface area contributed by atoms with Gasteiger partial charge in [0, 0.05) is 28.9 Å². The smallest absolute Gasteiger partial charge is 0.0718 e. The molecule has 0 bridgehead atoms. The van der Waals surface area contributed by atoms with Crippen LogP contribution in [-0.2, 0) is 0 Å². The number of hydrogen-bond donors (Lipinski definition) is 0. The lowest BCUT2D eigenvalue weighted by atomic mass is 9.97. The van der Waals surface area contributed by atoms with Crippen molar-refractivity contribution < 1.29 is 0 Å². The van der Waals surface area contributed by atoms with Crippen LogP contribution in [0.3, 0.4) is 0 Å². The molecule has 0 saturated carbocycles. The highest BCUT2D eigenvalue weighted by Crippen LogP contribution is 2.30. The number of benzene rings is 4. The van der Waals surface area contributed by atoms with E-state index in [0.717, 1.165) is 27.7 Å². The van der Waals surface area contributed by atoms with Crippen LogP contribution < -0.4 is 0 Å². The molecule has 2 heteroatoms. The van der Waals surface area contributed by atoms with Gasteiger partial charge in [0.25, 0.3) is 0 Å². The van der Waals surface area contributed by atoms with Gasteiger partial charge in [-0.3, -0.25) is 9.97 Å². The molecular formula is C31H22N2. The van der Waals surface area contributed by atoms with E-state index in [2.05, 4.69) is 96.8 Å². The molecule has 0 aliphatic rings. The highest BCUT2D eigenvalue weighted by atomic mass is 14.7. The van der Waals surface area contributed by atoms with Crippen molar-refractivity contribution in [3.05, 3.63) is 121 Å². The zero-order valence-corrected chi connectivity index (χ0v) is 18.4. The van der Waals surface area contributed by atoms with Gasteiger partial charge in [-0.05, 0) is 64.7 Å². The van der Waals surface area contributed by atoms with Crippen LogP contribution >= 0.6 is 0 Å². The summed E-state index contributed by atoms with van der Waals surface area (Å²) in [5.74, 6) is 0. The Labute approximate surface area is 193 Å². The van der Waals surface area contributed by atoms with E-state index in [4.69, 9.17) is 4.98 Å². The lowest BCUT2D eigenvalue weighted by Gasteiger charge is -2.08. The maximum Gasteiger partial charge on any atom is 0.0718 e. The van der Waals surface area contributed by atoms with Gasteiger partial charge in [0.15, 0.2) is 0 Å². The lowest BCUT2D eigenvalue weighted by Crippen LogP contribution is -1.87. The third kappa shape index (κ3) is 3.77. The molecule has 0 saturated heterocycles. The Morgan fingerprint density at radius 2 is 1.09 bits per heavy atom. The molecule has 6 aromatic rings. The quantitative estimate of drug-likeness (QED) is 0.288. The van der Waals surface area contributed by atoms with Crippen molar-refractivity contribution in [3.8, 4) is 33.5 Å². The van der Waals surface area contributed by atoms with E-state index in [1.165, 1.54) is 33.0 Å². The van der Waals surface area contributed by atoms with Gasteiger partial charge in [-0.15, -0.1) is 0 Å². The second kappa shape index (κ2) is 7.99. The number of para-hydroxylation sites is 1. The standard InChI is InChI=1S/C31H22N2/c1-21-6-8-22(9-7-21)24-12-10-23-11-13-25(17-28(23)16-24)27-14-15-31(32-19-27)29-18-26-4-2-3-5-30(26)33-20-29/h2-20H,1H3. The summed E-state index contributed by atoms with van der Waals surface area (Å²) in [4.78, 5) is 9.32. The van der Waals surface area contributed by atoms with E-state index >= 15 is 0 Å². The van der Waals surface area contributed by atoms with E-state index in [1.54, 1.807) is 0 Å². The minimum Gasteiger partial charge on any atom is -0.256 e. The Balaban J connectivity index is 1.34. The molecule has 0 radical (unpaired) electrons. The van der Waals surface area contributed by atoms with Crippen LogP contribution in [0.2, 0.25) is 0 Å². The van der Waals surface area contributed by atoms with E-state index in [-0.39, 0.29) is 0 Å². The minimum absolute atomic E-state index is 0.930. The summed E-state index contributed by atoms with van der Waals surface area (Å²) < 4.78 is 0. The number of hydrogen-bond acceptors (Lipinski definition) is 2. The first kappa shape index (κ1) is 19.4. The molecule has 0 spiro atoms. The third-order valence-electron chi connectivity index (χ3n) is 6.21. The number of aryl methyl sites for hydroxylation is 1. The number of nitrogens with zero attached hydrogens (tertiary/aromatic N) is 2. The number of rotatable bonds is 3. The molecule has 4 aromatic carbocycles. The van der Waals surface area contributed by atoms with Gasteiger partial charge in [-0.25, -0.2) is 0 Å². The molecule has 0 fully saturated rings. The molecule has 156 valence electrons. The molecule has 2 aromatic heterocycles. The van der Waals surface area contributed by atoms with Crippen molar-refractivity contribution >= 4 is 21.7 Å². The summed E-state index contributed by atoms with van der Waals surface area (Å²) in [7, 11) is 0. The molecule has 0 amide bonds. The van der Waals surface area contributed by atoms with Gasteiger partial charge in [-0.2, -0.15) is 0 Å². The van der Waals surface area contributed by atoms with Crippen molar-refractivity contribution in [1.82, 2.24) is 9.97 Å². The predicted molar refractivity (Wildman–Crippen MR) is 138 cm³/mol. The minimum atomic E-state index is 0.930. The normalized spacial score (nSPS) is 11.2. The van der Waals surface area contributed by atoms with Crippen LogP contribution in [0.15, 0.2) is 116 Å². The molecule has 0 unspecified atom stereocenters. The van der Waals surface area contributed by atoms with Crippen LogP contribution in [0.5, 0.6) is 0 Å². The van der Waals surface area contributed by atoms with Gasteiger partial charge >= 0.3 is 0 Å². The fourth-order valence-corrected chi connectivity index (χ4v) is 4.30. The van der Waals surface area contributed by atoms with E-state index in [1.807, 2.05) is 30.6 Å². The molecular weight excluding hydrogens is 400 g/mol. The van der Waals surface area contributed by atoms with Crippen LogP contribution in [-0.4, -0.2) is 9.97 Å². The Hall–Kier alpha value is -4.30. The Kier molecular flexibility index (Phi) is 4.70. The summed E-state index contributed by atoms with van der Waals surface area (Å²) >= 11 is 0. The number of pyridine rings is 2. The second-order valence-electron chi connectivity index (χ2n) is 8.49. The Bertz CT molecular complexity index is 1600. The highest BCUT2D eigenvalue weighted by molar-refractivity contribution is 5.91. The van der Waals surface area contributed by atoms with Crippen molar-refractivity contribution in [1.29, 1.82) is 0 Å². The van der Waals surface area contributed by atoms with E-state index < -0.39 is 0 Å². The largest absolute Gasteiger partial charge is 0.256 e. The van der Waals surface area contributed by atoms with Crippen LogP contribution in [0, 0.1) is 6.92 Å². The number of fused-ring (bicyclic) bond motifs is 2. The molecule has 0 aliphatic carbocycles. The molecule has 6 rings (SSSR count). The second-order valence-corrected chi connectivity index (χ2v) is 8.49. The first-order valence-corrected chi connectivity index (χ1v) is 11.2. The number of aromatic nitrogens is 2. The van der Waals surface area contributed by atoms with E-state index in [0.29, 0.717) is 0 Å². The molecule has 2 nitrogen and oxygen atoms in total. The average molecular weight is 423 g/mol. The summed E-state index contributed by atoms with van der Waals surface area (Å²) in [5.41, 5.74) is 8.98. The van der Waals surface area contributed by atoms with Crippen LogP contribution in [0.1, 0.15) is 5.56 Å². The van der Waals surface area contributed by atoms with Crippen molar-refractivity contribution in [2.24, 2.45) is 0 Å². The highest BCUT2D eigenvalue weighted by Gasteiger charge is 2.06. The zero-order chi connectivity index (χ0) is 22.2. The molecule has 33 heavy (non-hydrogen) atoms. The van der Waals surface area contributed by atoms with Crippen LogP contribution in [0.25, 0.3) is 55.2 Å². The average Bonchev–Trinajstić information content (AvgIpc) is 2.88. The van der Waals surface area contributed by atoms with Gasteiger partial charge in [0.05, 0.1) is 11.2 Å². The maximum absolute atomic E-state index is 4.75. The van der Waals surface area contributed by atoms with Gasteiger partial charge < -0.3 is 0 Å². The van der Waals surface area contributed by atoms with Crippen molar-refractivity contribution in [2.45, 2.75) is 6.92 Å². The molecule has 2 heterocycles. The first-order chi connectivity index (χ1) is 16.2. The van der Waals surface area contributed by atoms with Gasteiger partial charge in [0.1, 0.15) is 0 Å². The first-order valence-electron chi connectivity index (χ1n) is 11.2. The maximum atomic E-state index is 4.75. The van der Waals surface area contributed by atoms with Crippen molar-refractivity contribution in [3.63, 3.8) is 0 Å². The fourth-order valence-electron chi connectivity index (χ4n) is 4.30. The summed E-state index contributed by atoms with van der Waals surface area (Å²) in [5, 5.41) is 3.59. The molecule has 0 atom stereocenters. The fraction of sp³-hybridized carbons (Fsp3) is 0.0323. The summed E-state index contributed by atoms with van der Waals surface area (Å²) in [6.07, 6.45) is 3.85. The van der Waals surface area contributed by atoms with Gasteiger partial charge in [-0.1, -0.05) is 78.4 Å². The SMILES string of the molecule is Cc1ccc(-c2ccc3ccc(-c4ccc(-c5cnc6ccccc6c5)nc4)cc3c2)cc1.